The number of thiazole rings is 1. The molecule has 0 unspecified atom stereocenters. The fourth-order valence-corrected chi connectivity index (χ4v) is 2.30. The Hall–Kier alpha value is -1.47. The molecule has 0 saturated carbocycles. The summed E-state index contributed by atoms with van der Waals surface area (Å²) in [6, 6.07) is -0.514. The molecule has 0 aromatic carbocycles. The van der Waals surface area contributed by atoms with Gasteiger partial charge in [-0.1, -0.05) is 13.8 Å². The summed E-state index contributed by atoms with van der Waals surface area (Å²) in [5.41, 5.74) is 6.04. The molecule has 1 heterocycles. The van der Waals surface area contributed by atoms with E-state index in [0.717, 1.165) is 0 Å². The van der Waals surface area contributed by atoms with Crippen LogP contribution in [0.4, 0.5) is 0 Å². The Labute approximate surface area is 122 Å². The summed E-state index contributed by atoms with van der Waals surface area (Å²) in [5.74, 6) is -0.282. The average Bonchev–Trinajstić information content (AvgIpc) is 2.84. The first-order valence-electron chi connectivity index (χ1n) is 6.58. The van der Waals surface area contributed by atoms with Gasteiger partial charge in [-0.3, -0.25) is 4.79 Å². The molecule has 3 N–H and O–H groups in total. The van der Waals surface area contributed by atoms with Crippen LogP contribution in [-0.2, 0) is 16.1 Å². The maximum atomic E-state index is 11.7. The van der Waals surface area contributed by atoms with Crippen molar-refractivity contribution in [2.24, 2.45) is 11.7 Å². The number of rotatable bonds is 7. The van der Waals surface area contributed by atoms with Gasteiger partial charge in [-0.05, 0) is 19.3 Å². The Bertz CT molecular complexity index is 459. The number of aromatic nitrogens is 1. The number of hydrogen-bond donors (Lipinski definition) is 2. The summed E-state index contributed by atoms with van der Waals surface area (Å²) in [5, 5.41) is 4.99. The third-order valence-corrected chi connectivity index (χ3v) is 3.36. The second-order valence-corrected chi connectivity index (χ2v) is 5.74. The van der Waals surface area contributed by atoms with Crippen LogP contribution >= 0.6 is 11.3 Å². The number of carbonyl (C=O) groups is 2. The SMILES string of the molecule is CCOC(=O)c1csc(CNC(=O)[C@@H](N)CC(C)C)n1. The highest BCUT2D eigenvalue weighted by molar-refractivity contribution is 7.09. The van der Waals surface area contributed by atoms with Crippen molar-refractivity contribution in [1.82, 2.24) is 10.3 Å². The van der Waals surface area contributed by atoms with E-state index in [4.69, 9.17) is 10.5 Å². The monoisotopic (exact) mass is 299 g/mol. The highest BCUT2D eigenvalue weighted by atomic mass is 32.1. The van der Waals surface area contributed by atoms with Crippen LogP contribution in [0.3, 0.4) is 0 Å². The lowest BCUT2D eigenvalue weighted by atomic mass is 10.0. The Kier molecular flexibility index (Phi) is 6.60. The van der Waals surface area contributed by atoms with Crippen molar-refractivity contribution in [2.75, 3.05) is 6.61 Å². The number of hydrogen-bond acceptors (Lipinski definition) is 6. The number of nitrogens with two attached hydrogens (primary N) is 1. The molecule has 1 aromatic heterocycles. The predicted octanol–water partition coefficient (Wildman–Crippen LogP) is 1.31. The second-order valence-electron chi connectivity index (χ2n) is 4.80. The standard InChI is InChI=1S/C13H21N3O3S/c1-4-19-13(18)10-7-20-11(16-10)6-15-12(17)9(14)5-8(2)3/h7-9H,4-6,14H2,1-3H3,(H,15,17)/t9-/m0/s1. The molecule has 0 bridgehead atoms. The fourth-order valence-electron chi connectivity index (χ4n) is 1.60. The molecule has 1 amide bonds. The Morgan fingerprint density at radius 1 is 1.50 bits per heavy atom. The number of carbonyl (C=O) groups excluding carboxylic acids is 2. The van der Waals surface area contributed by atoms with Crippen LogP contribution in [-0.4, -0.2) is 29.5 Å². The molecule has 0 saturated heterocycles. The van der Waals surface area contributed by atoms with Gasteiger partial charge in [0, 0.05) is 5.38 Å². The van der Waals surface area contributed by atoms with Crippen molar-refractivity contribution in [2.45, 2.75) is 39.8 Å². The van der Waals surface area contributed by atoms with E-state index in [1.54, 1.807) is 12.3 Å². The summed E-state index contributed by atoms with van der Waals surface area (Å²) in [6.07, 6.45) is 0.637. The molecule has 1 atom stereocenters. The highest BCUT2D eigenvalue weighted by Crippen LogP contribution is 2.11. The molecule has 112 valence electrons. The topological polar surface area (TPSA) is 94.3 Å². The molecule has 0 aliphatic heterocycles. The van der Waals surface area contributed by atoms with Crippen molar-refractivity contribution < 1.29 is 14.3 Å². The number of esters is 1. The molecule has 0 aliphatic carbocycles. The number of nitrogens with zero attached hydrogens (tertiary/aromatic N) is 1. The van der Waals surface area contributed by atoms with Gasteiger partial charge in [0.15, 0.2) is 5.69 Å². The lowest BCUT2D eigenvalue weighted by Gasteiger charge is -2.13. The van der Waals surface area contributed by atoms with Crippen molar-refractivity contribution in [1.29, 1.82) is 0 Å². The van der Waals surface area contributed by atoms with E-state index in [-0.39, 0.29) is 18.1 Å². The lowest BCUT2D eigenvalue weighted by Crippen LogP contribution is -2.41. The molecular weight excluding hydrogens is 278 g/mol. The Morgan fingerprint density at radius 2 is 2.20 bits per heavy atom. The minimum Gasteiger partial charge on any atom is -0.461 e. The van der Waals surface area contributed by atoms with E-state index >= 15 is 0 Å². The Morgan fingerprint density at radius 3 is 2.80 bits per heavy atom. The van der Waals surface area contributed by atoms with Crippen LogP contribution in [0.5, 0.6) is 0 Å². The van der Waals surface area contributed by atoms with Crippen LogP contribution in [0.2, 0.25) is 0 Å². The van der Waals surface area contributed by atoms with Gasteiger partial charge in [0.1, 0.15) is 5.01 Å². The average molecular weight is 299 g/mol. The van der Waals surface area contributed by atoms with Gasteiger partial charge in [0.25, 0.3) is 0 Å². The van der Waals surface area contributed by atoms with Crippen molar-refractivity contribution in [3.05, 3.63) is 16.1 Å². The summed E-state index contributed by atoms with van der Waals surface area (Å²) < 4.78 is 4.85. The molecule has 6 nitrogen and oxygen atoms in total. The third kappa shape index (κ3) is 5.26. The summed E-state index contributed by atoms with van der Waals surface area (Å²) in [4.78, 5) is 27.3. The first-order valence-corrected chi connectivity index (χ1v) is 7.46. The Balaban J connectivity index is 2.46. The third-order valence-electron chi connectivity index (χ3n) is 2.51. The van der Waals surface area contributed by atoms with E-state index in [0.29, 0.717) is 24.0 Å². The predicted molar refractivity (Wildman–Crippen MR) is 77.3 cm³/mol. The summed E-state index contributed by atoms with van der Waals surface area (Å²) in [6.45, 7) is 6.35. The van der Waals surface area contributed by atoms with Gasteiger partial charge in [-0.2, -0.15) is 0 Å². The first-order chi connectivity index (χ1) is 9.43. The van der Waals surface area contributed by atoms with Crippen molar-refractivity contribution in [3.8, 4) is 0 Å². The maximum Gasteiger partial charge on any atom is 0.357 e. The minimum absolute atomic E-state index is 0.202. The number of nitrogens with one attached hydrogen (secondary N) is 1. The maximum absolute atomic E-state index is 11.7. The van der Waals surface area contributed by atoms with Gasteiger partial charge in [0.05, 0.1) is 19.2 Å². The van der Waals surface area contributed by atoms with Crippen LogP contribution in [0.1, 0.15) is 42.7 Å². The summed E-state index contributed by atoms with van der Waals surface area (Å²) >= 11 is 1.30. The molecule has 1 aromatic rings. The summed E-state index contributed by atoms with van der Waals surface area (Å²) in [7, 11) is 0. The zero-order valence-corrected chi connectivity index (χ0v) is 12.8. The number of amides is 1. The van der Waals surface area contributed by atoms with Crippen LogP contribution in [0.15, 0.2) is 5.38 Å². The highest BCUT2D eigenvalue weighted by Gasteiger charge is 2.16. The molecule has 0 radical (unpaired) electrons. The lowest BCUT2D eigenvalue weighted by molar-refractivity contribution is -0.122. The molecule has 0 spiro atoms. The molecule has 0 aliphatic rings. The zero-order chi connectivity index (χ0) is 15.1. The van der Waals surface area contributed by atoms with Crippen molar-refractivity contribution >= 4 is 23.2 Å². The van der Waals surface area contributed by atoms with Crippen molar-refractivity contribution in [3.63, 3.8) is 0 Å². The van der Waals surface area contributed by atoms with E-state index < -0.39 is 12.0 Å². The minimum atomic E-state index is -0.514. The van der Waals surface area contributed by atoms with Gasteiger partial charge in [-0.25, -0.2) is 9.78 Å². The van der Waals surface area contributed by atoms with E-state index in [1.165, 1.54) is 11.3 Å². The molecule has 20 heavy (non-hydrogen) atoms. The van der Waals surface area contributed by atoms with Crippen LogP contribution in [0, 0.1) is 5.92 Å². The van der Waals surface area contributed by atoms with Gasteiger partial charge in [0.2, 0.25) is 5.91 Å². The van der Waals surface area contributed by atoms with Gasteiger partial charge >= 0.3 is 5.97 Å². The normalized spacial score (nSPS) is 12.2. The quantitative estimate of drug-likeness (QED) is 0.740. The smallest absolute Gasteiger partial charge is 0.357 e. The van der Waals surface area contributed by atoms with E-state index in [2.05, 4.69) is 10.3 Å². The second kappa shape index (κ2) is 7.96. The van der Waals surface area contributed by atoms with E-state index in [1.807, 2.05) is 13.8 Å². The zero-order valence-electron chi connectivity index (χ0n) is 12.0. The molecule has 0 fully saturated rings. The van der Waals surface area contributed by atoms with Gasteiger partial charge < -0.3 is 15.8 Å². The van der Waals surface area contributed by atoms with Crippen LogP contribution in [0.25, 0.3) is 0 Å². The van der Waals surface area contributed by atoms with Crippen LogP contribution < -0.4 is 11.1 Å². The van der Waals surface area contributed by atoms with Gasteiger partial charge in [-0.15, -0.1) is 11.3 Å². The molecule has 1 rings (SSSR count). The molecule has 7 heteroatoms. The first kappa shape index (κ1) is 16.6. The van der Waals surface area contributed by atoms with E-state index in [9.17, 15) is 9.59 Å². The fraction of sp³-hybridized carbons (Fsp3) is 0.615. The number of ether oxygens (including phenoxy) is 1. The molecular formula is C13H21N3O3S. The largest absolute Gasteiger partial charge is 0.461 e.